The van der Waals surface area contributed by atoms with Gasteiger partial charge in [0.15, 0.2) is 0 Å². The number of amides is 1. The lowest BCUT2D eigenvalue weighted by Crippen LogP contribution is -2.29. The number of hydrogen-bond donors (Lipinski definition) is 2. The summed E-state index contributed by atoms with van der Waals surface area (Å²) in [6, 6.07) is 3.85. The summed E-state index contributed by atoms with van der Waals surface area (Å²) in [7, 11) is 0. The topological polar surface area (TPSA) is 94.0 Å². The highest BCUT2D eigenvalue weighted by Crippen LogP contribution is 2.21. The molecule has 2 aromatic rings. The molecule has 1 amide bonds. The number of aryl methyl sites for hydroxylation is 1. The van der Waals surface area contributed by atoms with Crippen LogP contribution in [-0.2, 0) is 11.2 Å². The second-order valence-electron chi connectivity index (χ2n) is 3.63. The fourth-order valence-corrected chi connectivity index (χ4v) is 2.03. The minimum atomic E-state index is -0.0590. The summed E-state index contributed by atoms with van der Waals surface area (Å²) in [6.07, 6.45) is 0.765. The third-order valence-electron chi connectivity index (χ3n) is 2.24. The number of hydrogen-bond acceptors (Lipinski definition) is 6. The Labute approximate surface area is 120 Å². The molecule has 2 rings (SSSR count). The first-order valence-electron chi connectivity index (χ1n) is 5.63. The van der Waals surface area contributed by atoms with Crippen LogP contribution in [0.2, 0.25) is 0 Å². The van der Waals surface area contributed by atoms with Crippen LogP contribution in [0.5, 0.6) is 0 Å². The molecule has 0 aliphatic carbocycles. The number of rotatable bonds is 6. The highest BCUT2D eigenvalue weighted by atomic mass is 35.5. The van der Waals surface area contributed by atoms with Crippen molar-refractivity contribution in [3.63, 3.8) is 0 Å². The van der Waals surface area contributed by atoms with Gasteiger partial charge in [0.1, 0.15) is 0 Å². The minimum Gasteiger partial charge on any atom is -0.355 e. The van der Waals surface area contributed by atoms with Gasteiger partial charge in [0.2, 0.25) is 17.6 Å². The van der Waals surface area contributed by atoms with Crippen LogP contribution in [0.4, 0.5) is 0 Å². The van der Waals surface area contributed by atoms with Gasteiger partial charge in [-0.3, -0.25) is 4.79 Å². The molecule has 0 aliphatic rings. The molecule has 0 saturated heterocycles. The second-order valence-corrected chi connectivity index (χ2v) is 4.58. The van der Waals surface area contributed by atoms with E-state index in [1.807, 2.05) is 17.5 Å². The zero-order valence-electron chi connectivity index (χ0n) is 10.2. The molecule has 3 N–H and O–H groups in total. The van der Waals surface area contributed by atoms with Crippen LogP contribution in [0.15, 0.2) is 22.0 Å². The molecule has 0 radical (unpaired) electrons. The van der Waals surface area contributed by atoms with E-state index in [0.29, 0.717) is 37.6 Å². The average Bonchev–Trinajstić information content (AvgIpc) is 3.03. The van der Waals surface area contributed by atoms with E-state index in [4.69, 9.17) is 10.3 Å². The maximum atomic E-state index is 11.4. The predicted molar refractivity (Wildman–Crippen MR) is 75.2 cm³/mol. The van der Waals surface area contributed by atoms with E-state index < -0.39 is 0 Å². The number of nitrogens with zero attached hydrogens (tertiary/aromatic N) is 2. The van der Waals surface area contributed by atoms with E-state index >= 15 is 0 Å². The number of carbonyl (C=O) groups excluding carboxylic acids is 1. The Kier molecular flexibility index (Phi) is 6.48. The molecule has 2 aromatic heterocycles. The molecule has 0 saturated carbocycles. The van der Waals surface area contributed by atoms with Crippen molar-refractivity contribution in [2.75, 3.05) is 13.1 Å². The van der Waals surface area contributed by atoms with Gasteiger partial charge < -0.3 is 15.6 Å². The van der Waals surface area contributed by atoms with E-state index in [-0.39, 0.29) is 18.3 Å². The highest BCUT2D eigenvalue weighted by Gasteiger charge is 2.10. The molecular formula is C11H15ClN4O2S. The van der Waals surface area contributed by atoms with Crippen LogP contribution in [0.1, 0.15) is 12.3 Å². The standard InChI is InChI=1S/C11H14N4O2S.ClH/c12-5-6-13-9(16)3-4-10-14-11(15-17-10)8-2-1-7-18-8;/h1-2,7H,3-6,12H2,(H,13,16);1H. The lowest BCUT2D eigenvalue weighted by atomic mass is 10.3. The molecule has 0 fully saturated rings. The van der Waals surface area contributed by atoms with Gasteiger partial charge in [0.05, 0.1) is 4.88 Å². The van der Waals surface area contributed by atoms with Crippen molar-refractivity contribution in [2.24, 2.45) is 5.73 Å². The van der Waals surface area contributed by atoms with Crippen molar-refractivity contribution >= 4 is 29.7 Å². The predicted octanol–water partition coefficient (Wildman–Crippen LogP) is 1.23. The number of thiophene rings is 1. The Morgan fingerprint density at radius 2 is 2.37 bits per heavy atom. The average molecular weight is 303 g/mol. The molecule has 0 aromatic carbocycles. The molecule has 0 bridgehead atoms. The zero-order valence-corrected chi connectivity index (χ0v) is 11.8. The monoisotopic (exact) mass is 302 g/mol. The summed E-state index contributed by atoms with van der Waals surface area (Å²) in [4.78, 5) is 16.5. The van der Waals surface area contributed by atoms with Crippen LogP contribution < -0.4 is 11.1 Å². The van der Waals surface area contributed by atoms with Crippen molar-refractivity contribution in [1.82, 2.24) is 15.5 Å². The van der Waals surface area contributed by atoms with Crippen molar-refractivity contribution < 1.29 is 9.32 Å². The summed E-state index contributed by atoms with van der Waals surface area (Å²) in [5.41, 5.74) is 5.29. The third kappa shape index (κ3) is 4.62. The molecule has 19 heavy (non-hydrogen) atoms. The fraction of sp³-hybridized carbons (Fsp3) is 0.364. The Balaban J connectivity index is 0.00000180. The molecule has 104 valence electrons. The van der Waals surface area contributed by atoms with E-state index in [2.05, 4.69) is 15.5 Å². The first kappa shape index (κ1) is 15.6. The second kappa shape index (κ2) is 7.88. The van der Waals surface area contributed by atoms with Gasteiger partial charge in [-0.2, -0.15) is 4.98 Å². The first-order chi connectivity index (χ1) is 8.79. The lowest BCUT2D eigenvalue weighted by Gasteiger charge is -2.00. The van der Waals surface area contributed by atoms with Crippen molar-refractivity contribution in [2.45, 2.75) is 12.8 Å². The van der Waals surface area contributed by atoms with Crippen LogP contribution in [-0.4, -0.2) is 29.1 Å². The molecule has 2 heterocycles. The molecule has 0 unspecified atom stereocenters. The Morgan fingerprint density at radius 1 is 1.53 bits per heavy atom. The van der Waals surface area contributed by atoms with Gasteiger partial charge in [-0.1, -0.05) is 11.2 Å². The fourth-order valence-electron chi connectivity index (χ4n) is 1.38. The van der Waals surface area contributed by atoms with Gasteiger partial charge in [-0.05, 0) is 11.4 Å². The quantitative estimate of drug-likeness (QED) is 0.837. The number of carbonyl (C=O) groups is 1. The SMILES string of the molecule is Cl.NCCNC(=O)CCc1nc(-c2cccs2)no1. The Hall–Kier alpha value is -1.44. The highest BCUT2D eigenvalue weighted by molar-refractivity contribution is 7.13. The number of aromatic nitrogens is 2. The maximum absolute atomic E-state index is 11.4. The van der Waals surface area contributed by atoms with Crippen molar-refractivity contribution in [3.05, 3.63) is 23.4 Å². The first-order valence-corrected chi connectivity index (χ1v) is 6.51. The van der Waals surface area contributed by atoms with Gasteiger partial charge >= 0.3 is 0 Å². The summed E-state index contributed by atoms with van der Waals surface area (Å²) in [6.45, 7) is 0.929. The number of halogens is 1. The smallest absolute Gasteiger partial charge is 0.227 e. The van der Waals surface area contributed by atoms with E-state index in [1.54, 1.807) is 11.3 Å². The Morgan fingerprint density at radius 3 is 3.05 bits per heavy atom. The summed E-state index contributed by atoms with van der Waals surface area (Å²) < 4.78 is 5.08. The Bertz CT molecular complexity index is 501. The van der Waals surface area contributed by atoms with Crippen LogP contribution in [0.25, 0.3) is 10.7 Å². The van der Waals surface area contributed by atoms with Crippen LogP contribution in [0.3, 0.4) is 0 Å². The maximum Gasteiger partial charge on any atom is 0.227 e. The normalized spacial score (nSPS) is 9.95. The molecular weight excluding hydrogens is 288 g/mol. The summed E-state index contributed by atoms with van der Waals surface area (Å²) >= 11 is 1.55. The number of nitrogens with one attached hydrogen (secondary N) is 1. The van der Waals surface area contributed by atoms with Crippen molar-refractivity contribution in [3.8, 4) is 10.7 Å². The molecule has 0 atom stereocenters. The largest absolute Gasteiger partial charge is 0.355 e. The number of nitrogens with two attached hydrogens (primary N) is 1. The molecule has 0 aliphatic heterocycles. The van der Waals surface area contributed by atoms with Gasteiger partial charge in [0, 0.05) is 25.9 Å². The van der Waals surface area contributed by atoms with E-state index in [1.165, 1.54) is 0 Å². The van der Waals surface area contributed by atoms with E-state index in [9.17, 15) is 4.79 Å². The molecule has 6 nitrogen and oxygen atoms in total. The summed E-state index contributed by atoms with van der Waals surface area (Å²) in [5.74, 6) is 0.986. The minimum absolute atomic E-state index is 0. The third-order valence-corrected chi connectivity index (χ3v) is 3.11. The molecule has 0 spiro atoms. The van der Waals surface area contributed by atoms with E-state index in [0.717, 1.165) is 4.88 Å². The summed E-state index contributed by atoms with van der Waals surface area (Å²) in [5, 5.41) is 8.51. The van der Waals surface area contributed by atoms with Crippen molar-refractivity contribution in [1.29, 1.82) is 0 Å². The van der Waals surface area contributed by atoms with Gasteiger partial charge in [0.25, 0.3) is 0 Å². The zero-order chi connectivity index (χ0) is 12.8. The van der Waals surface area contributed by atoms with Crippen LogP contribution in [0, 0.1) is 0 Å². The lowest BCUT2D eigenvalue weighted by molar-refractivity contribution is -0.121. The van der Waals surface area contributed by atoms with Crippen LogP contribution >= 0.6 is 23.7 Å². The van der Waals surface area contributed by atoms with Gasteiger partial charge in [-0.25, -0.2) is 0 Å². The van der Waals surface area contributed by atoms with Gasteiger partial charge in [-0.15, -0.1) is 23.7 Å². The molecule has 8 heteroatoms.